The van der Waals surface area contributed by atoms with Gasteiger partial charge in [0.2, 0.25) is 0 Å². The van der Waals surface area contributed by atoms with Gasteiger partial charge in [0.1, 0.15) is 0 Å². The third kappa shape index (κ3) is 3.68. The standard InChI is InChI=1S/C21H29N3O2/c1-5-18-20(21(25)23-10-12-26-13-11-23)17(14-15(2)3)22-24(18)19-9-7-6-8-16(19)4/h6-9,15H,5,10-14H2,1-4H3. The van der Waals surface area contributed by atoms with E-state index in [0.29, 0.717) is 32.2 Å². The lowest BCUT2D eigenvalue weighted by atomic mass is 10.0. The van der Waals surface area contributed by atoms with Crippen molar-refractivity contribution in [1.29, 1.82) is 0 Å². The molecule has 3 rings (SSSR count). The van der Waals surface area contributed by atoms with E-state index in [1.807, 2.05) is 21.7 Å². The van der Waals surface area contributed by atoms with Crippen molar-refractivity contribution in [3.8, 4) is 5.69 Å². The second-order valence-corrected chi connectivity index (χ2v) is 7.32. The number of benzene rings is 1. The van der Waals surface area contributed by atoms with Crippen LogP contribution in [0.2, 0.25) is 0 Å². The van der Waals surface area contributed by atoms with Crippen molar-refractivity contribution in [2.24, 2.45) is 5.92 Å². The lowest BCUT2D eigenvalue weighted by Gasteiger charge is -2.27. The van der Waals surface area contributed by atoms with Crippen LogP contribution in [0, 0.1) is 12.8 Å². The van der Waals surface area contributed by atoms with Gasteiger partial charge in [-0.05, 0) is 37.3 Å². The van der Waals surface area contributed by atoms with Gasteiger partial charge in [-0.3, -0.25) is 4.79 Å². The molecule has 0 bridgehead atoms. The zero-order valence-corrected chi connectivity index (χ0v) is 16.3. The lowest BCUT2D eigenvalue weighted by Crippen LogP contribution is -2.41. The molecule has 0 radical (unpaired) electrons. The van der Waals surface area contributed by atoms with Crippen molar-refractivity contribution in [2.75, 3.05) is 26.3 Å². The van der Waals surface area contributed by atoms with E-state index in [2.05, 4.69) is 39.8 Å². The number of hydrogen-bond donors (Lipinski definition) is 0. The minimum Gasteiger partial charge on any atom is -0.378 e. The number of carbonyl (C=O) groups is 1. The molecule has 1 saturated heterocycles. The van der Waals surface area contributed by atoms with Gasteiger partial charge in [0, 0.05) is 13.1 Å². The zero-order valence-electron chi connectivity index (χ0n) is 16.3. The number of nitrogens with zero attached hydrogens (tertiary/aromatic N) is 3. The van der Waals surface area contributed by atoms with E-state index in [0.717, 1.165) is 41.0 Å². The average molecular weight is 355 g/mol. The summed E-state index contributed by atoms with van der Waals surface area (Å²) >= 11 is 0. The zero-order chi connectivity index (χ0) is 18.7. The number of morpholine rings is 1. The number of ether oxygens (including phenoxy) is 1. The van der Waals surface area contributed by atoms with Gasteiger partial charge >= 0.3 is 0 Å². The Morgan fingerprint density at radius 1 is 1.23 bits per heavy atom. The summed E-state index contributed by atoms with van der Waals surface area (Å²) in [5.41, 5.74) is 4.93. The number of rotatable bonds is 5. The van der Waals surface area contributed by atoms with Gasteiger partial charge in [0.15, 0.2) is 0 Å². The van der Waals surface area contributed by atoms with Crippen LogP contribution in [0.1, 0.15) is 48.1 Å². The van der Waals surface area contributed by atoms with Crippen LogP contribution in [0.25, 0.3) is 5.69 Å². The fourth-order valence-electron chi connectivity index (χ4n) is 3.53. The normalized spacial score (nSPS) is 14.9. The van der Waals surface area contributed by atoms with Gasteiger partial charge in [-0.15, -0.1) is 0 Å². The Morgan fingerprint density at radius 3 is 2.54 bits per heavy atom. The predicted octanol–water partition coefficient (Wildman–Crippen LogP) is 3.41. The third-order valence-electron chi connectivity index (χ3n) is 4.85. The summed E-state index contributed by atoms with van der Waals surface area (Å²) in [6.45, 7) is 11.0. The lowest BCUT2D eigenvalue weighted by molar-refractivity contribution is 0.0301. The Kier molecular flexibility index (Phi) is 5.77. The van der Waals surface area contributed by atoms with Crippen LogP contribution < -0.4 is 0 Å². The van der Waals surface area contributed by atoms with Crippen LogP contribution in [-0.4, -0.2) is 46.9 Å². The topological polar surface area (TPSA) is 47.4 Å². The quantitative estimate of drug-likeness (QED) is 0.826. The van der Waals surface area contributed by atoms with Crippen molar-refractivity contribution in [3.63, 3.8) is 0 Å². The SMILES string of the molecule is CCc1c(C(=O)N2CCOCC2)c(CC(C)C)nn1-c1ccccc1C. The van der Waals surface area contributed by atoms with Crippen molar-refractivity contribution in [1.82, 2.24) is 14.7 Å². The predicted molar refractivity (Wildman–Crippen MR) is 103 cm³/mol. The van der Waals surface area contributed by atoms with Crippen LogP contribution in [0.4, 0.5) is 0 Å². The first-order chi connectivity index (χ1) is 12.5. The largest absolute Gasteiger partial charge is 0.378 e. The summed E-state index contributed by atoms with van der Waals surface area (Å²) in [4.78, 5) is 15.2. The minimum atomic E-state index is 0.0978. The summed E-state index contributed by atoms with van der Waals surface area (Å²) < 4.78 is 7.40. The molecule has 2 heterocycles. The Balaban J connectivity index is 2.11. The molecule has 1 aromatic heterocycles. The van der Waals surface area contributed by atoms with Crippen LogP contribution in [0.5, 0.6) is 0 Å². The van der Waals surface area contributed by atoms with Gasteiger partial charge in [0.05, 0.1) is 35.9 Å². The number of hydrogen-bond acceptors (Lipinski definition) is 3. The van der Waals surface area contributed by atoms with Crippen molar-refractivity contribution >= 4 is 5.91 Å². The first kappa shape index (κ1) is 18.6. The van der Waals surface area contributed by atoms with Gasteiger partial charge in [-0.25, -0.2) is 4.68 Å². The van der Waals surface area contributed by atoms with Crippen LogP contribution >= 0.6 is 0 Å². The summed E-state index contributed by atoms with van der Waals surface area (Å²) in [5, 5.41) is 4.91. The number of para-hydroxylation sites is 1. The molecular formula is C21H29N3O2. The highest BCUT2D eigenvalue weighted by Crippen LogP contribution is 2.25. The van der Waals surface area contributed by atoms with Crippen molar-refractivity contribution in [2.45, 2.75) is 40.5 Å². The van der Waals surface area contributed by atoms with Crippen molar-refractivity contribution in [3.05, 3.63) is 46.8 Å². The Labute approximate surface area is 156 Å². The van der Waals surface area contributed by atoms with Gasteiger partial charge in [-0.1, -0.05) is 39.0 Å². The maximum absolute atomic E-state index is 13.3. The Hall–Kier alpha value is -2.14. The number of carbonyl (C=O) groups excluding carboxylic acids is 1. The molecule has 1 amide bonds. The monoisotopic (exact) mass is 355 g/mol. The summed E-state index contributed by atoms with van der Waals surface area (Å²) in [6.07, 6.45) is 1.57. The minimum absolute atomic E-state index is 0.0978. The Morgan fingerprint density at radius 2 is 1.92 bits per heavy atom. The van der Waals surface area contributed by atoms with E-state index in [1.54, 1.807) is 0 Å². The second kappa shape index (κ2) is 8.04. The molecular weight excluding hydrogens is 326 g/mol. The first-order valence-corrected chi connectivity index (χ1v) is 9.56. The molecule has 26 heavy (non-hydrogen) atoms. The molecule has 5 heteroatoms. The van der Waals surface area contributed by atoms with Crippen LogP contribution in [0.3, 0.4) is 0 Å². The molecule has 0 unspecified atom stereocenters. The molecule has 1 aromatic carbocycles. The van der Waals surface area contributed by atoms with E-state index in [9.17, 15) is 4.79 Å². The van der Waals surface area contributed by atoms with E-state index >= 15 is 0 Å². The molecule has 1 aliphatic heterocycles. The number of aryl methyl sites for hydroxylation is 1. The van der Waals surface area contributed by atoms with Gasteiger partial charge < -0.3 is 9.64 Å². The number of amides is 1. The smallest absolute Gasteiger partial charge is 0.257 e. The highest BCUT2D eigenvalue weighted by atomic mass is 16.5. The molecule has 2 aromatic rings. The maximum Gasteiger partial charge on any atom is 0.257 e. The van der Waals surface area contributed by atoms with Crippen molar-refractivity contribution < 1.29 is 9.53 Å². The van der Waals surface area contributed by atoms with Gasteiger partial charge in [0.25, 0.3) is 5.91 Å². The molecule has 0 N–H and O–H groups in total. The molecule has 0 spiro atoms. The summed E-state index contributed by atoms with van der Waals surface area (Å²) in [7, 11) is 0. The van der Waals surface area contributed by atoms with Gasteiger partial charge in [-0.2, -0.15) is 5.10 Å². The molecule has 1 fully saturated rings. The third-order valence-corrected chi connectivity index (χ3v) is 4.85. The fraction of sp³-hybridized carbons (Fsp3) is 0.524. The molecule has 0 saturated carbocycles. The molecule has 0 aliphatic carbocycles. The molecule has 0 atom stereocenters. The van der Waals surface area contributed by atoms with E-state index in [1.165, 1.54) is 0 Å². The van der Waals surface area contributed by atoms with E-state index < -0.39 is 0 Å². The highest BCUT2D eigenvalue weighted by Gasteiger charge is 2.28. The first-order valence-electron chi connectivity index (χ1n) is 9.56. The maximum atomic E-state index is 13.3. The van der Waals surface area contributed by atoms with E-state index in [4.69, 9.17) is 9.84 Å². The van der Waals surface area contributed by atoms with Crippen LogP contribution in [-0.2, 0) is 17.6 Å². The summed E-state index contributed by atoms with van der Waals surface area (Å²) in [5.74, 6) is 0.539. The summed E-state index contributed by atoms with van der Waals surface area (Å²) in [6, 6.07) is 8.21. The molecule has 140 valence electrons. The Bertz CT molecular complexity index is 774. The molecule has 1 aliphatic rings. The molecule has 5 nitrogen and oxygen atoms in total. The van der Waals surface area contributed by atoms with Crippen LogP contribution in [0.15, 0.2) is 24.3 Å². The highest BCUT2D eigenvalue weighted by molar-refractivity contribution is 5.97. The van der Waals surface area contributed by atoms with E-state index in [-0.39, 0.29) is 5.91 Å². The number of aromatic nitrogens is 2. The fourth-order valence-corrected chi connectivity index (χ4v) is 3.53. The average Bonchev–Trinajstić information content (AvgIpc) is 2.99. The second-order valence-electron chi connectivity index (χ2n) is 7.32.